The first-order chi connectivity index (χ1) is 10.2. The fraction of sp³-hybridized carbons (Fsp3) is 0.500. The highest BCUT2D eigenvalue weighted by molar-refractivity contribution is 5.91. The zero-order chi connectivity index (χ0) is 16.8. The van der Waals surface area contributed by atoms with Crippen molar-refractivity contribution >= 4 is 11.7 Å². The van der Waals surface area contributed by atoms with E-state index in [4.69, 9.17) is 0 Å². The number of para-hydroxylation sites is 2. The van der Waals surface area contributed by atoms with Crippen LogP contribution >= 0.6 is 0 Å². The summed E-state index contributed by atoms with van der Waals surface area (Å²) in [6, 6.07) is 4.51. The predicted octanol–water partition coefficient (Wildman–Crippen LogP) is 3.26. The van der Waals surface area contributed by atoms with Crippen molar-refractivity contribution in [2.45, 2.75) is 38.6 Å². The number of anilines is 1. The van der Waals surface area contributed by atoms with Gasteiger partial charge in [0.05, 0.1) is 17.8 Å². The van der Waals surface area contributed by atoms with Crippen molar-refractivity contribution in [1.29, 1.82) is 0 Å². The van der Waals surface area contributed by atoms with Crippen LogP contribution in [0.15, 0.2) is 24.3 Å². The van der Waals surface area contributed by atoms with E-state index in [2.05, 4.69) is 15.4 Å². The van der Waals surface area contributed by atoms with Gasteiger partial charge in [0, 0.05) is 0 Å². The predicted molar refractivity (Wildman–Crippen MR) is 75.7 cm³/mol. The van der Waals surface area contributed by atoms with E-state index in [1.54, 1.807) is 13.8 Å². The third kappa shape index (κ3) is 5.10. The number of alkyl halides is 3. The first kappa shape index (κ1) is 18.1. The van der Waals surface area contributed by atoms with Gasteiger partial charge in [-0.2, -0.15) is 0 Å². The number of nitrogens with one attached hydrogen (secondary N) is 2. The molecule has 5 nitrogen and oxygen atoms in total. The molecule has 1 aromatic rings. The molecule has 0 aliphatic carbocycles. The molecule has 0 bridgehead atoms. The maximum atomic E-state index is 12.3. The molecule has 0 saturated carbocycles. The van der Waals surface area contributed by atoms with Crippen molar-refractivity contribution in [3.8, 4) is 5.75 Å². The molecule has 0 fully saturated rings. The normalized spacial score (nSPS) is 11.9. The molecule has 0 aliphatic heterocycles. The Morgan fingerprint density at radius 2 is 1.82 bits per heavy atom. The maximum absolute atomic E-state index is 12.3. The topological polar surface area (TPSA) is 70.6 Å². The van der Waals surface area contributed by atoms with Crippen LogP contribution in [-0.2, 0) is 0 Å². The number of amides is 2. The number of halogens is 3. The van der Waals surface area contributed by atoms with Crippen LogP contribution in [0.3, 0.4) is 0 Å². The lowest BCUT2D eigenvalue weighted by Crippen LogP contribution is -2.52. The van der Waals surface area contributed by atoms with Gasteiger partial charge in [0.15, 0.2) is 5.75 Å². The number of benzene rings is 1. The van der Waals surface area contributed by atoms with Gasteiger partial charge in [-0.15, -0.1) is 13.2 Å². The zero-order valence-corrected chi connectivity index (χ0v) is 12.3. The largest absolute Gasteiger partial charge is 0.573 e. The van der Waals surface area contributed by atoms with Crippen molar-refractivity contribution < 1.29 is 27.8 Å². The van der Waals surface area contributed by atoms with Crippen LogP contribution in [0.25, 0.3) is 0 Å². The highest BCUT2D eigenvalue weighted by Crippen LogP contribution is 2.30. The van der Waals surface area contributed by atoms with Crippen molar-refractivity contribution in [3.63, 3.8) is 0 Å². The molecule has 0 atom stereocenters. The number of rotatable bonds is 6. The monoisotopic (exact) mass is 320 g/mol. The number of aliphatic hydroxyl groups is 1. The minimum absolute atomic E-state index is 0.114. The third-order valence-electron chi connectivity index (χ3n) is 3.40. The van der Waals surface area contributed by atoms with Crippen LogP contribution in [0.2, 0.25) is 0 Å². The Labute approximate surface area is 126 Å². The molecule has 1 rings (SSSR count). The summed E-state index contributed by atoms with van der Waals surface area (Å²) in [5.41, 5.74) is -0.930. The van der Waals surface area contributed by atoms with Crippen LogP contribution < -0.4 is 15.4 Å². The summed E-state index contributed by atoms with van der Waals surface area (Å²) < 4.78 is 40.8. The summed E-state index contributed by atoms with van der Waals surface area (Å²) in [5, 5.41) is 14.3. The van der Waals surface area contributed by atoms with Crippen LogP contribution in [0.1, 0.15) is 26.7 Å². The number of aliphatic hydroxyl groups excluding tert-OH is 1. The molecule has 0 radical (unpaired) electrons. The highest BCUT2D eigenvalue weighted by atomic mass is 19.4. The van der Waals surface area contributed by atoms with Gasteiger partial charge in [-0.05, 0) is 25.0 Å². The smallest absolute Gasteiger partial charge is 0.404 e. The second-order valence-electron chi connectivity index (χ2n) is 4.77. The molecule has 3 N–H and O–H groups in total. The van der Waals surface area contributed by atoms with Gasteiger partial charge < -0.3 is 20.5 Å². The van der Waals surface area contributed by atoms with E-state index in [-0.39, 0.29) is 12.3 Å². The van der Waals surface area contributed by atoms with Gasteiger partial charge in [-0.1, -0.05) is 26.0 Å². The SMILES string of the molecule is CCC(CC)(CO)NC(=O)Nc1ccccc1OC(F)(F)F. The van der Waals surface area contributed by atoms with Gasteiger partial charge in [0.1, 0.15) is 0 Å². The molecule has 0 heterocycles. The average Bonchev–Trinajstić information content (AvgIpc) is 2.45. The van der Waals surface area contributed by atoms with Gasteiger partial charge in [0.25, 0.3) is 0 Å². The summed E-state index contributed by atoms with van der Waals surface area (Å²) >= 11 is 0. The van der Waals surface area contributed by atoms with Crippen LogP contribution in [-0.4, -0.2) is 29.6 Å². The molecule has 8 heteroatoms. The molecule has 0 saturated heterocycles. The van der Waals surface area contributed by atoms with E-state index in [1.807, 2.05) is 0 Å². The first-order valence-electron chi connectivity index (χ1n) is 6.80. The van der Waals surface area contributed by atoms with Crippen molar-refractivity contribution in [2.75, 3.05) is 11.9 Å². The molecule has 22 heavy (non-hydrogen) atoms. The summed E-state index contributed by atoms with van der Waals surface area (Å²) in [6.07, 6.45) is -3.89. The van der Waals surface area contributed by atoms with Gasteiger partial charge >= 0.3 is 12.4 Å². The van der Waals surface area contributed by atoms with E-state index in [0.717, 1.165) is 6.07 Å². The second kappa shape index (κ2) is 7.35. The Morgan fingerprint density at radius 1 is 1.23 bits per heavy atom. The molecular formula is C14H19F3N2O3. The molecule has 0 spiro atoms. The summed E-state index contributed by atoms with van der Waals surface area (Å²) in [5.74, 6) is -0.507. The lowest BCUT2D eigenvalue weighted by atomic mass is 9.94. The Balaban J connectivity index is 2.85. The van der Waals surface area contributed by atoms with Crippen molar-refractivity contribution in [3.05, 3.63) is 24.3 Å². The first-order valence-corrected chi connectivity index (χ1v) is 6.80. The minimum Gasteiger partial charge on any atom is -0.404 e. The Kier molecular flexibility index (Phi) is 6.04. The Bertz CT molecular complexity index is 494. The average molecular weight is 320 g/mol. The van der Waals surface area contributed by atoms with Crippen LogP contribution in [0, 0.1) is 0 Å². The molecule has 2 amide bonds. The van der Waals surface area contributed by atoms with Crippen LogP contribution in [0.5, 0.6) is 5.75 Å². The Morgan fingerprint density at radius 3 is 2.32 bits per heavy atom. The molecule has 124 valence electrons. The van der Waals surface area contributed by atoms with E-state index >= 15 is 0 Å². The second-order valence-corrected chi connectivity index (χ2v) is 4.77. The zero-order valence-electron chi connectivity index (χ0n) is 12.3. The molecule has 0 aliphatic rings. The lowest BCUT2D eigenvalue weighted by Gasteiger charge is -2.30. The van der Waals surface area contributed by atoms with Crippen molar-refractivity contribution in [2.24, 2.45) is 0 Å². The highest BCUT2D eigenvalue weighted by Gasteiger charge is 2.32. The van der Waals surface area contributed by atoms with E-state index < -0.39 is 23.7 Å². The molecule has 1 aromatic carbocycles. The summed E-state index contributed by atoms with van der Waals surface area (Å²) in [6.45, 7) is 3.32. The number of hydrogen-bond donors (Lipinski definition) is 3. The lowest BCUT2D eigenvalue weighted by molar-refractivity contribution is -0.274. The summed E-state index contributed by atoms with van der Waals surface area (Å²) in [7, 11) is 0. The Hall–Kier alpha value is -1.96. The number of hydrogen-bond acceptors (Lipinski definition) is 3. The molecular weight excluding hydrogens is 301 g/mol. The van der Waals surface area contributed by atoms with Crippen LogP contribution in [0.4, 0.5) is 23.7 Å². The maximum Gasteiger partial charge on any atom is 0.573 e. The minimum atomic E-state index is -4.85. The van der Waals surface area contributed by atoms with E-state index in [1.165, 1.54) is 18.2 Å². The number of ether oxygens (including phenoxy) is 1. The summed E-state index contributed by atoms with van der Waals surface area (Å²) in [4.78, 5) is 12.0. The number of carbonyl (C=O) groups is 1. The fourth-order valence-electron chi connectivity index (χ4n) is 1.87. The molecule has 0 aromatic heterocycles. The van der Waals surface area contributed by atoms with E-state index in [0.29, 0.717) is 12.8 Å². The van der Waals surface area contributed by atoms with Gasteiger partial charge in [-0.3, -0.25) is 0 Å². The number of carbonyl (C=O) groups excluding carboxylic acids is 1. The third-order valence-corrected chi connectivity index (χ3v) is 3.40. The van der Waals surface area contributed by atoms with Crippen molar-refractivity contribution in [1.82, 2.24) is 5.32 Å². The fourth-order valence-corrected chi connectivity index (χ4v) is 1.87. The standard InChI is InChI=1S/C14H19F3N2O3/c1-3-13(4-2,9-20)19-12(21)18-10-7-5-6-8-11(10)22-14(15,16)17/h5-8,20H,3-4,9H2,1-2H3,(H2,18,19,21). The van der Waals surface area contributed by atoms with Gasteiger partial charge in [-0.25, -0.2) is 4.79 Å². The van der Waals surface area contributed by atoms with E-state index in [9.17, 15) is 23.1 Å². The quantitative estimate of drug-likeness (QED) is 0.753. The molecule has 0 unspecified atom stereocenters. The van der Waals surface area contributed by atoms with Gasteiger partial charge in [0.2, 0.25) is 0 Å². The number of urea groups is 1.